The number of alkyl halides is 3. The summed E-state index contributed by atoms with van der Waals surface area (Å²) in [6, 6.07) is 5.44. The monoisotopic (exact) mass is 382 g/mol. The molecule has 1 aromatic carbocycles. The molecule has 27 heavy (non-hydrogen) atoms. The van der Waals surface area contributed by atoms with Gasteiger partial charge < -0.3 is 5.32 Å². The zero-order chi connectivity index (χ0) is 20.2. The summed E-state index contributed by atoms with van der Waals surface area (Å²) in [5.74, 6) is -2.09. The van der Waals surface area contributed by atoms with Gasteiger partial charge in [-0.2, -0.15) is 13.2 Å². The van der Waals surface area contributed by atoms with Gasteiger partial charge in [0.1, 0.15) is 11.6 Å². The van der Waals surface area contributed by atoms with E-state index < -0.39 is 23.5 Å². The van der Waals surface area contributed by atoms with Gasteiger partial charge >= 0.3 is 6.18 Å². The Hall–Kier alpha value is -2.77. The lowest BCUT2D eigenvalue weighted by molar-refractivity contribution is -0.140. The highest BCUT2D eigenvalue weighted by molar-refractivity contribution is 5.94. The van der Waals surface area contributed by atoms with Crippen molar-refractivity contribution in [1.29, 1.82) is 0 Å². The molecule has 2 aromatic rings. The lowest BCUT2D eigenvalue weighted by Gasteiger charge is -2.11. The fourth-order valence-electron chi connectivity index (χ4n) is 2.28. The van der Waals surface area contributed by atoms with Gasteiger partial charge in [-0.25, -0.2) is 4.39 Å². The molecule has 1 heterocycles. The van der Waals surface area contributed by atoms with E-state index in [1.54, 1.807) is 13.8 Å². The van der Waals surface area contributed by atoms with Crippen LogP contribution in [-0.4, -0.2) is 16.7 Å². The first-order valence-electron chi connectivity index (χ1n) is 8.19. The molecule has 0 saturated heterocycles. The molecule has 4 nitrogen and oxygen atoms in total. The van der Waals surface area contributed by atoms with E-state index >= 15 is 0 Å². The quantitative estimate of drug-likeness (QED) is 0.770. The van der Waals surface area contributed by atoms with Gasteiger partial charge in [0.2, 0.25) is 0 Å². The summed E-state index contributed by atoms with van der Waals surface area (Å²) in [5, 5.41) is 2.48. The topological polar surface area (TPSA) is 59.1 Å². The van der Waals surface area contributed by atoms with Gasteiger partial charge in [-0.15, -0.1) is 0 Å². The van der Waals surface area contributed by atoms with Crippen molar-refractivity contribution in [3.63, 3.8) is 0 Å². The molecule has 0 aliphatic carbocycles. The predicted molar refractivity (Wildman–Crippen MR) is 90.4 cm³/mol. The molecule has 0 aliphatic heterocycles. The number of benzene rings is 1. The normalized spacial score (nSPS) is 11.5. The Morgan fingerprint density at radius 1 is 1.15 bits per heavy atom. The van der Waals surface area contributed by atoms with Crippen molar-refractivity contribution in [2.24, 2.45) is 5.92 Å². The van der Waals surface area contributed by atoms with Crippen molar-refractivity contribution in [3.8, 4) is 0 Å². The van der Waals surface area contributed by atoms with E-state index in [0.29, 0.717) is 17.8 Å². The molecule has 1 aromatic heterocycles. The molecule has 0 fully saturated rings. The first-order valence-corrected chi connectivity index (χ1v) is 8.19. The fraction of sp³-hybridized carbons (Fsp3) is 0.316. The van der Waals surface area contributed by atoms with E-state index in [2.05, 4.69) is 10.3 Å². The zero-order valence-corrected chi connectivity index (χ0v) is 14.7. The molecule has 2 rings (SSSR count). The number of nitrogens with zero attached hydrogens (tertiary/aromatic N) is 1. The average molecular weight is 382 g/mol. The molecule has 8 heteroatoms. The number of amides is 1. The maximum Gasteiger partial charge on any atom is 0.419 e. The molecule has 0 unspecified atom stereocenters. The first kappa shape index (κ1) is 20.5. The highest BCUT2D eigenvalue weighted by Crippen LogP contribution is 2.31. The minimum atomic E-state index is -4.81. The number of nitrogens with one attached hydrogen (secondary N) is 1. The van der Waals surface area contributed by atoms with Crippen molar-refractivity contribution in [3.05, 3.63) is 64.7 Å². The first-order chi connectivity index (χ1) is 12.6. The van der Waals surface area contributed by atoms with Crippen molar-refractivity contribution in [2.75, 3.05) is 0 Å². The minimum absolute atomic E-state index is 0.0222. The minimum Gasteiger partial charge on any atom is -0.348 e. The van der Waals surface area contributed by atoms with Gasteiger partial charge in [0.15, 0.2) is 0 Å². The van der Waals surface area contributed by atoms with Crippen LogP contribution < -0.4 is 5.32 Å². The summed E-state index contributed by atoms with van der Waals surface area (Å²) >= 11 is 0. The van der Waals surface area contributed by atoms with Gasteiger partial charge in [-0.3, -0.25) is 14.6 Å². The van der Waals surface area contributed by atoms with Crippen molar-refractivity contribution in [1.82, 2.24) is 10.3 Å². The van der Waals surface area contributed by atoms with Crippen molar-refractivity contribution >= 4 is 11.7 Å². The van der Waals surface area contributed by atoms with Gasteiger partial charge in [0.25, 0.3) is 5.91 Å². The Bertz CT molecular complexity index is 848. The Balaban J connectivity index is 2.07. The highest BCUT2D eigenvalue weighted by atomic mass is 19.4. The molecule has 1 amide bonds. The van der Waals surface area contributed by atoms with Gasteiger partial charge in [-0.05, 0) is 29.8 Å². The third-order valence-electron chi connectivity index (χ3n) is 3.87. The number of halogens is 4. The second kappa shape index (κ2) is 8.28. The summed E-state index contributed by atoms with van der Waals surface area (Å²) < 4.78 is 51.5. The van der Waals surface area contributed by atoms with E-state index in [4.69, 9.17) is 0 Å². The number of aromatic nitrogens is 1. The van der Waals surface area contributed by atoms with E-state index in [0.717, 1.165) is 0 Å². The molecular weight excluding hydrogens is 364 g/mol. The summed E-state index contributed by atoms with van der Waals surface area (Å²) in [6.45, 7) is 3.32. The van der Waals surface area contributed by atoms with Crippen LogP contribution in [0.5, 0.6) is 0 Å². The molecule has 0 atom stereocenters. The lowest BCUT2D eigenvalue weighted by Crippen LogP contribution is -2.23. The van der Waals surface area contributed by atoms with Gasteiger partial charge in [0, 0.05) is 36.3 Å². The number of hydrogen-bond donors (Lipinski definition) is 1. The Kier molecular flexibility index (Phi) is 6.30. The molecule has 144 valence electrons. The third kappa shape index (κ3) is 5.60. The fourth-order valence-corrected chi connectivity index (χ4v) is 2.28. The number of pyridine rings is 1. The van der Waals surface area contributed by atoms with E-state index in [9.17, 15) is 27.2 Å². The SMILES string of the molecule is CC(C)C(=O)Cc1cc(C(=O)NCc2ccc(F)c(C(F)(F)F)c2)ccn1. The second-order valence-electron chi connectivity index (χ2n) is 6.33. The lowest BCUT2D eigenvalue weighted by atomic mass is 10.0. The summed E-state index contributed by atoms with van der Waals surface area (Å²) in [5.41, 5.74) is -0.605. The number of carbonyl (C=O) groups is 2. The molecule has 0 bridgehead atoms. The predicted octanol–water partition coefficient (Wildman–Crippen LogP) is 3.94. The molecule has 0 saturated carbocycles. The molecule has 0 radical (unpaired) electrons. The van der Waals surface area contributed by atoms with E-state index in [1.807, 2.05) is 0 Å². The number of rotatable bonds is 6. The zero-order valence-electron chi connectivity index (χ0n) is 14.7. The van der Waals surface area contributed by atoms with Crippen molar-refractivity contribution in [2.45, 2.75) is 33.0 Å². The van der Waals surface area contributed by atoms with Gasteiger partial charge in [-0.1, -0.05) is 19.9 Å². The van der Waals surface area contributed by atoms with Crippen LogP contribution in [0.15, 0.2) is 36.5 Å². The summed E-state index contributed by atoms with van der Waals surface area (Å²) in [6.07, 6.45) is -3.34. The van der Waals surface area contributed by atoms with E-state index in [1.165, 1.54) is 24.4 Å². The van der Waals surface area contributed by atoms with Crippen LogP contribution >= 0.6 is 0 Å². The maximum absolute atomic E-state index is 13.3. The van der Waals surface area contributed by atoms with Crippen LogP contribution in [0.1, 0.15) is 41.0 Å². The standard InChI is InChI=1S/C19H18F4N2O2/c1-11(2)17(26)9-14-8-13(5-6-24-14)18(27)25-10-12-3-4-16(20)15(7-12)19(21,22)23/h3-8,11H,9-10H2,1-2H3,(H,25,27). The molecule has 1 N–H and O–H groups in total. The number of carbonyl (C=O) groups excluding carboxylic acids is 2. The van der Waals surface area contributed by atoms with Crippen LogP contribution in [-0.2, 0) is 23.9 Å². The largest absolute Gasteiger partial charge is 0.419 e. The smallest absolute Gasteiger partial charge is 0.348 e. The van der Waals surface area contributed by atoms with Gasteiger partial charge in [0.05, 0.1) is 5.56 Å². The van der Waals surface area contributed by atoms with Crippen LogP contribution in [0.25, 0.3) is 0 Å². The van der Waals surface area contributed by atoms with Crippen LogP contribution in [0.4, 0.5) is 17.6 Å². The highest BCUT2D eigenvalue weighted by Gasteiger charge is 2.34. The average Bonchev–Trinajstić information content (AvgIpc) is 2.59. The number of Topliss-reactive ketones (excluding diaryl/α,β-unsaturated/α-hetero) is 1. The number of ketones is 1. The Morgan fingerprint density at radius 2 is 1.85 bits per heavy atom. The molecule has 0 aliphatic rings. The van der Waals surface area contributed by atoms with Crippen molar-refractivity contribution < 1.29 is 27.2 Å². The molecular formula is C19H18F4N2O2. The maximum atomic E-state index is 13.3. The van der Waals surface area contributed by atoms with E-state index in [-0.39, 0.29) is 35.8 Å². The number of hydrogen-bond acceptors (Lipinski definition) is 3. The second-order valence-corrected chi connectivity index (χ2v) is 6.33. The van der Waals surface area contributed by atoms with Crippen LogP contribution in [0.2, 0.25) is 0 Å². The summed E-state index contributed by atoms with van der Waals surface area (Å²) in [4.78, 5) is 28.0. The van der Waals surface area contributed by atoms with Crippen LogP contribution in [0, 0.1) is 11.7 Å². The Labute approximate surface area is 153 Å². The third-order valence-corrected chi connectivity index (χ3v) is 3.87. The molecule has 0 spiro atoms. The van der Waals surface area contributed by atoms with Crippen LogP contribution in [0.3, 0.4) is 0 Å². The Morgan fingerprint density at radius 3 is 2.48 bits per heavy atom. The summed E-state index contributed by atoms with van der Waals surface area (Å²) in [7, 11) is 0.